The van der Waals surface area contributed by atoms with Crippen molar-refractivity contribution in [3.8, 4) is 0 Å². The molecule has 162 valence electrons. The molecule has 3 heterocycles. The molecule has 4 rings (SSSR count). The normalized spacial score (nSPS) is 14.0. The van der Waals surface area contributed by atoms with Gasteiger partial charge in [0, 0.05) is 42.1 Å². The summed E-state index contributed by atoms with van der Waals surface area (Å²) in [7, 11) is 0. The number of thiophene rings is 1. The number of anilines is 2. The number of hydrogen-bond acceptors (Lipinski definition) is 6. The van der Waals surface area contributed by atoms with Crippen molar-refractivity contribution in [2.45, 2.75) is 26.7 Å². The molecule has 1 aromatic carbocycles. The highest BCUT2D eigenvalue weighted by atomic mass is 32.1. The first-order chi connectivity index (χ1) is 15.0. The lowest BCUT2D eigenvalue weighted by Gasteiger charge is -2.37. The van der Waals surface area contributed by atoms with Crippen LogP contribution in [0, 0.1) is 13.8 Å². The van der Waals surface area contributed by atoms with E-state index in [1.165, 1.54) is 28.2 Å². The van der Waals surface area contributed by atoms with Gasteiger partial charge in [0.15, 0.2) is 5.13 Å². The molecule has 0 saturated carbocycles. The van der Waals surface area contributed by atoms with Crippen LogP contribution in [0.1, 0.15) is 21.7 Å². The zero-order chi connectivity index (χ0) is 21.8. The van der Waals surface area contributed by atoms with Crippen molar-refractivity contribution in [1.29, 1.82) is 0 Å². The van der Waals surface area contributed by atoms with E-state index in [4.69, 9.17) is 0 Å². The van der Waals surface area contributed by atoms with Crippen molar-refractivity contribution in [3.63, 3.8) is 0 Å². The zero-order valence-electron chi connectivity index (χ0n) is 17.8. The number of carbonyl (C=O) groups is 2. The van der Waals surface area contributed by atoms with Gasteiger partial charge in [-0.2, -0.15) is 0 Å². The third-order valence-corrected chi connectivity index (χ3v) is 7.28. The van der Waals surface area contributed by atoms with Crippen LogP contribution >= 0.6 is 22.7 Å². The van der Waals surface area contributed by atoms with Crippen LogP contribution in [0.2, 0.25) is 0 Å². The van der Waals surface area contributed by atoms with Gasteiger partial charge in [-0.1, -0.05) is 18.2 Å². The van der Waals surface area contributed by atoms with Crippen LogP contribution in [0.25, 0.3) is 0 Å². The summed E-state index contributed by atoms with van der Waals surface area (Å²) in [6.45, 7) is 7.36. The van der Waals surface area contributed by atoms with Gasteiger partial charge >= 0.3 is 0 Å². The van der Waals surface area contributed by atoms with Crippen molar-refractivity contribution in [3.05, 3.63) is 62.8 Å². The summed E-state index contributed by atoms with van der Waals surface area (Å²) < 4.78 is 0. The maximum Gasteiger partial charge on any atom is 0.231 e. The Balaban J connectivity index is 1.27. The summed E-state index contributed by atoms with van der Waals surface area (Å²) in [5, 5.41) is 7.18. The molecule has 0 spiro atoms. The van der Waals surface area contributed by atoms with Gasteiger partial charge < -0.3 is 15.1 Å². The van der Waals surface area contributed by atoms with E-state index < -0.39 is 0 Å². The molecule has 0 aliphatic carbocycles. The summed E-state index contributed by atoms with van der Waals surface area (Å²) in [5.74, 6) is -0.000355. The highest BCUT2D eigenvalue weighted by Crippen LogP contribution is 2.24. The number of aromatic nitrogens is 1. The second-order valence-corrected chi connectivity index (χ2v) is 9.60. The van der Waals surface area contributed by atoms with Crippen molar-refractivity contribution in [1.82, 2.24) is 9.88 Å². The highest BCUT2D eigenvalue weighted by Gasteiger charge is 2.23. The minimum absolute atomic E-state index is 0.0855. The molecule has 3 aromatic rings. The Bertz CT molecular complexity index is 1050. The highest BCUT2D eigenvalue weighted by molar-refractivity contribution is 7.14. The number of benzene rings is 1. The fourth-order valence-electron chi connectivity index (χ4n) is 3.72. The lowest BCUT2D eigenvalue weighted by molar-refractivity contribution is -0.130. The van der Waals surface area contributed by atoms with E-state index in [0.717, 1.165) is 18.0 Å². The Labute approximate surface area is 190 Å². The van der Waals surface area contributed by atoms with Crippen molar-refractivity contribution in [2.75, 3.05) is 36.4 Å². The van der Waals surface area contributed by atoms with E-state index in [0.29, 0.717) is 30.3 Å². The molecule has 0 radical (unpaired) electrons. The third kappa shape index (κ3) is 5.32. The fraction of sp³-hybridized carbons (Fsp3) is 0.348. The topological polar surface area (TPSA) is 65.5 Å². The van der Waals surface area contributed by atoms with Crippen molar-refractivity contribution in [2.24, 2.45) is 0 Å². The Morgan fingerprint density at radius 3 is 2.58 bits per heavy atom. The lowest BCUT2D eigenvalue weighted by atomic mass is 10.1. The molecular formula is C23H26N4O2S2. The standard InChI is InChI=1S/C23H26N4O2S2/c1-16-5-3-7-20(17(16)2)26-8-10-27(11-9-26)22(29)13-18-15-31-23(24-18)25-21(28)14-19-6-4-12-30-19/h3-7,12,15H,8-11,13-14H2,1-2H3,(H,24,25,28). The molecule has 1 aliphatic heterocycles. The number of piperazine rings is 1. The maximum atomic E-state index is 12.8. The van der Waals surface area contributed by atoms with E-state index in [1.54, 1.807) is 11.3 Å². The first kappa shape index (κ1) is 21.5. The van der Waals surface area contributed by atoms with Crippen LogP contribution in [-0.2, 0) is 22.4 Å². The number of rotatable bonds is 6. The first-order valence-corrected chi connectivity index (χ1v) is 12.1. The van der Waals surface area contributed by atoms with Gasteiger partial charge in [-0.15, -0.1) is 22.7 Å². The largest absolute Gasteiger partial charge is 0.368 e. The molecule has 1 saturated heterocycles. The summed E-state index contributed by atoms with van der Waals surface area (Å²) in [4.78, 5) is 34.6. The van der Waals surface area contributed by atoms with E-state index in [2.05, 4.69) is 47.2 Å². The molecule has 6 nitrogen and oxygen atoms in total. The second kappa shape index (κ2) is 9.62. The predicted octanol–water partition coefficient (Wildman–Crippen LogP) is 3.89. The predicted molar refractivity (Wildman–Crippen MR) is 127 cm³/mol. The van der Waals surface area contributed by atoms with Crippen LogP contribution in [0.3, 0.4) is 0 Å². The molecule has 1 fully saturated rings. The second-order valence-electron chi connectivity index (χ2n) is 7.71. The molecule has 1 N–H and O–H groups in total. The smallest absolute Gasteiger partial charge is 0.231 e. The quantitative estimate of drug-likeness (QED) is 0.614. The number of nitrogens with zero attached hydrogens (tertiary/aromatic N) is 3. The summed E-state index contributed by atoms with van der Waals surface area (Å²) in [6.07, 6.45) is 0.608. The number of hydrogen-bond donors (Lipinski definition) is 1. The average Bonchev–Trinajstić information content (AvgIpc) is 3.42. The van der Waals surface area contributed by atoms with Gasteiger partial charge in [0.2, 0.25) is 11.8 Å². The monoisotopic (exact) mass is 454 g/mol. The number of carbonyl (C=O) groups excluding carboxylic acids is 2. The van der Waals surface area contributed by atoms with E-state index in [9.17, 15) is 9.59 Å². The van der Waals surface area contributed by atoms with Crippen molar-refractivity contribution >= 4 is 45.3 Å². The first-order valence-electron chi connectivity index (χ1n) is 10.3. The van der Waals surface area contributed by atoms with Gasteiger partial charge in [-0.3, -0.25) is 9.59 Å². The minimum Gasteiger partial charge on any atom is -0.368 e. The Kier molecular flexibility index (Phi) is 6.67. The van der Waals surface area contributed by atoms with Crippen LogP contribution in [-0.4, -0.2) is 47.9 Å². The molecule has 0 atom stereocenters. The van der Waals surface area contributed by atoms with E-state index in [1.807, 2.05) is 27.8 Å². The molecule has 2 amide bonds. The molecular weight excluding hydrogens is 428 g/mol. The Morgan fingerprint density at radius 1 is 1.03 bits per heavy atom. The molecule has 1 aliphatic rings. The molecule has 8 heteroatoms. The van der Waals surface area contributed by atoms with Crippen LogP contribution < -0.4 is 10.2 Å². The number of thiazole rings is 1. The van der Waals surface area contributed by atoms with Crippen LogP contribution in [0.5, 0.6) is 0 Å². The zero-order valence-corrected chi connectivity index (χ0v) is 19.4. The van der Waals surface area contributed by atoms with Gasteiger partial charge in [-0.05, 0) is 42.5 Å². The molecule has 0 bridgehead atoms. The third-order valence-electron chi connectivity index (χ3n) is 5.59. The molecule has 0 unspecified atom stereocenters. The van der Waals surface area contributed by atoms with Gasteiger partial charge in [-0.25, -0.2) is 4.98 Å². The van der Waals surface area contributed by atoms with Gasteiger partial charge in [0.25, 0.3) is 0 Å². The maximum absolute atomic E-state index is 12.8. The Morgan fingerprint density at radius 2 is 1.84 bits per heavy atom. The van der Waals surface area contributed by atoms with Gasteiger partial charge in [0.1, 0.15) is 0 Å². The SMILES string of the molecule is Cc1cccc(N2CCN(C(=O)Cc3csc(NC(=O)Cc4cccs4)n3)CC2)c1C. The van der Waals surface area contributed by atoms with E-state index >= 15 is 0 Å². The minimum atomic E-state index is -0.0859. The summed E-state index contributed by atoms with van der Waals surface area (Å²) in [6, 6.07) is 10.3. The van der Waals surface area contributed by atoms with Crippen LogP contribution in [0.15, 0.2) is 41.1 Å². The fourth-order valence-corrected chi connectivity index (χ4v) is 5.15. The number of aryl methyl sites for hydroxylation is 1. The molecule has 31 heavy (non-hydrogen) atoms. The summed E-state index contributed by atoms with van der Waals surface area (Å²) in [5.41, 5.74) is 4.56. The number of amides is 2. The van der Waals surface area contributed by atoms with E-state index in [-0.39, 0.29) is 18.2 Å². The summed E-state index contributed by atoms with van der Waals surface area (Å²) >= 11 is 2.92. The average molecular weight is 455 g/mol. The number of nitrogens with one attached hydrogen (secondary N) is 1. The molecule has 2 aromatic heterocycles. The van der Waals surface area contributed by atoms with Gasteiger partial charge in [0.05, 0.1) is 18.5 Å². The lowest BCUT2D eigenvalue weighted by Crippen LogP contribution is -2.49. The van der Waals surface area contributed by atoms with Crippen molar-refractivity contribution < 1.29 is 9.59 Å². The van der Waals surface area contributed by atoms with Crippen LogP contribution in [0.4, 0.5) is 10.8 Å². The Hall–Kier alpha value is -2.71.